The number of hydrogen-bond donors (Lipinski definition) is 1. The second kappa shape index (κ2) is 13.2. The highest BCUT2D eigenvalue weighted by molar-refractivity contribution is 5.78. The van der Waals surface area contributed by atoms with Crippen LogP contribution in [0.5, 0.6) is 0 Å². The van der Waals surface area contributed by atoms with Gasteiger partial charge in [0.25, 0.3) is 0 Å². The fourth-order valence-electron chi connectivity index (χ4n) is 2.63. The molecule has 0 aliphatic rings. The first-order valence-corrected chi connectivity index (χ1v) is 10.1. The molecule has 0 aromatic rings. The Morgan fingerprint density at radius 1 is 1.08 bits per heavy atom. The van der Waals surface area contributed by atoms with E-state index in [4.69, 9.17) is 15.9 Å². The number of carbonyl (C=O) groups excluding carboxylic acids is 1. The fraction of sp³-hybridized carbons (Fsp3) is 0.864. The summed E-state index contributed by atoms with van der Waals surface area (Å²) >= 11 is 0. The lowest BCUT2D eigenvalue weighted by Crippen LogP contribution is -2.35. The van der Waals surface area contributed by atoms with Crippen LogP contribution in [0.1, 0.15) is 86.5 Å². The third-order valence-corrected chi connectivity index (χ3v) is 4.56. The summed E-state index contributed by atoms with van der Waals surface area (Å²) in [6.07, 6.45) is 12.5. The van der Waals surface area contributed by atoms with Gasteiger partial charge in [-0.3, -0.25) is 4.79 Å². The van der Waals surface area contributed by atoms with Gasteiger partial charge < -0.3 is 14.8 Å². The summed E-state index contributed by atoms with van der Waals surface area (Å²) in [6.45, 7) is 13.9. The zero-order chi connectivity index (χ0) is 20.1. The third-order valence-electron chi connectivity index (χ3n) is 4.56. The van der Waals surface area contributed by atoms with Crippen LogP contribution in [0.2, 0.25) is 0 Å². The van der Waals surface area contributed by atoms with Gasteiger partial charge in [0.2, 0.25) is 5.91 Å². The molecule has 0 radical (unpaired) electrons. The van der Waals surface area contributed by atoms with E-state index >= 15 is 0 Å². The molecule has 0 aromatic heterocycles. The first-order chi connectivity index (χ1) is 12.1. The van der Waals surface area contributed by atoms with Gasteiger partial charge in [-0.25, -0.2) is 0 Å². The number of terminal acetylenes is 1. The summed E-state index contributed by atoms with van der Waals surface area (Å²) in [6, 6.07) is 0. The molecule has 0 aliphatic heterocycles. The molecule has 1 amide bonds. The lowest BCUT2D eigenvalue weighted by Gasteiger charge is -2.29. The Morgan fingerprint density at radius 3 is 2.35 bits per heavy atom. The van der Waals surface area contributed by atoms with E-state index in [0.29, 0.717) is 26.2 Å². The molecule has 1 unspecified atom stereocenters. The summed E-state index contributed by atoms with van der Waals surface area (Å²) in [5, 5.41) is 2.98. The van der Waals surface area contributed by atoms with E-state index in [1.54, 1.807) is 0 Å². The van der Waals surface area contributed by atoms with Crippen molar-refractivity contribution in [1.82, 2.24) is 5.32 Å². The number of nitrogens with one attached hydrogen (secondary N) is 1. The molecule has 0 aliphatic carbocycles. The van der Waals surface area contributed by atoms with Crippen molar-refractivity contribution >= 4 is 5.91 Å². The van der Waals surface area contributed by atoms with E-state index in [0.717, 1.165) is 19.3 Å². The molecule has 26 heavy (non-hydrogen) atoms. The summed E-state index contributed by atoms with van der Waals surface area (Å²) in [5.41, 5.74) is -0.589. The van der Waals surface area contributed by atoms with Crippen LogP contribution in [0.25, 0.3) is 0 Å². The van der Waals surface area contributed by atoms with Crippen LogP contribution in [-0.2, 0) is 14.3 Å². The van der Waals surface area contributed by atoms with Gasteiger partial charge >= 0.3 is 0 Å². The summed E-state index contributed by atoms with van der Waals surface area (Å²) < 4.78 is 11.8. The largest absolute Gasteiger partial charge is 0.374 e. The van der Waals surface area contributed by atoms with Gasteiger partial charge in [0.15, 0.2) is 0 Å². The highest BCUT2D eigenvalue weighted by Gasteiger charge is 2.22. The molecule has 4 heteroatoms. The smallest absolute Gasteiger partial charge is 0.222 e. The van der Waals surface area contributed by atoms with Gasteiger partial charge in [0.1, 0.15) is 0 Å². The highest BCUT2D eigenvalue weighted by Crippen LogP contribution is 2.19. The second-order valence-electron chi connectivity index (χ2n) is 8.39. The lowest BCUT2D eigenvalue weighted by molar-refractivity contribution is -0.125. The van der Waals surface area contributed by atoms with E-state index in [1.807, 2.05) is 34.6 Å². The van der Waals surface area contributed by atoms with Gasteiger partial charge in [-0.1, -0.05) is 39.5 Å². The van der Waals surface area contributed by atoms with Crippen LogP contribution in [0.4, 0.5) is 0 Å². The average Bonchev–Trinajstić information content (AvgIpc) is 2.54. The van der Waals surface area contributed by atoms with Crippen molar-refractivity contribution in [2.45, 2.75) is 97.7 Å². The molecule has 0 bridgehead atoms. The van der Waals surface area contributed by atoms with Crippen molar-refractivity contribution in [2.75, 3.05) is 19.8 Å². The number of hydrogen-bond acceptors (Lipinski definition) is 3. The van der Waals surface area contributed by atoms with E-state index in [2.05, 4.69) is 18.2 Å². The maximum Gasteiger partial charge on any atom is 0.222 e. The zero-order valence-corrected chi connectivity index (χ0v) is 18.0. The molecule has 0 spiro atoms. The Balaban J connectivity index is 3.89. The molecule has 0 fully saturated rings. The fourth-order valence-corrected chi connectivity index (χ4v) is 2.63. The summed E-state index contributed by atoms with van der Waals surface area (Å²) in [4.78, 5) is 12.1. The highest BCUT2D eigenvalue weighted by atomic mass is 16.5. The number of carbonyl (C=O) groups is 1. The van der Waals surface area contributed by atoms with Crippen LogP contribution in [-0.4, -0.2) is 36.9 Å². The Labute approximate surface area is 161 Å². The molecule has 152 valence electrons. The lowest BCUT2D eigenvalue weighted by atomic mass is 10.0. The quantitative estimate of drug-likeness (QED) is 0.337. The minimum Gasteiger partial charge on any atom is -0.374 e. The normalized spacial score (nSPS) is 13.3. The molecule has 0 aromatic carbocycles. The number of rotatable bonds is 15. The molecular formula is C22H41NO3. The number of ether oxygens (including phenoxy) is 2. The standard InChI is InChI=1S/C22H41NO3/c1-8-10-11-12-13-19(3)20(24)23-16-18-26-22(6,7)15-17-25-21(4,5)14-9-2/h2,19H,8,10-18H2,1,3-7H3,(H,23,24). The Bertz CT molecular complexity index is 424. The van der Waals surface area contributed by atoms with Crippen molar-refractivity contribution in [3.63, 3.8) is 0 Å². The summed E-state index contributed by atoms with van der Waals surface area (Å²) in [7, 11) is 0. The van der Waals surface area contributed by atoms with Crippen LogP contribution in [0, 0.1) is 18.3 Å². The predicted molar refractivity (Wildman–Crippen MR) is 109 cm³/mol. The van der Waals surface area contributed by atoms with E-state index in [1.165, 1.54) is 19.3 Å². The van der Waals surface area contributed by atoms with E-state index in [-0.39, 0.29) is 23.0 Å². The van der Waals surface area contributed by atoms with Gasteiger partial charge in [0, 0.05) is 18.9 Å². The SMILES string of the molecule is C#CCC(C)(C)OCCC(C)(C)OCCNC(=O)C(C)CCCCCC. The average molecular weight is 368 g/mol. The Kier molecular flexibility index (Phi) is 12.6. The van der Waals surface area contributed by atoms with Gasteiger partial charge in [0.05, 0.1) is 24.4 Å². The second-order valence-corrected chi connectivity index (χ2v) is 8.39. The monoisotopic (exact) mass is 367 g/mol. The van der Waals surface area contributed by atoms with Crippen molar-refractivity contribution in [3.8, 4) is 12.3 Å². The molecule has 4 nitrogen and oxygen atoms in total. The van der Waals surface area contributed by atoms with E-state index < -0.39 is 0 Å². The molecule has 0 saturated carbocycles. The molecule has 0 rings (SSSR count). The molecule has 0 saturated heterocycles. The Hall–Kier alpha value is -1.05. The minimum atomic E-state index is -0.300. The topological polar surface area (TPSA) is 47.6 Å². The van der Waals surface area contributed by atoms with Crippen molar-refractivity contribution in [3.05, 3.63) is 0 Å². The number of unbranched alkanes of at least 4 members (excludes halogenated alkanes) is 3. The van der Waals surface area contributed by atoms with Crippen LogP contribution >= 0.6 is 0 Å². The molecule has 1 N–H and O–H groups in total. The third kappa shape index (κ3) is 13.2. The summed E-state index contributed by atoms with van der Waals surface area (Å²) in [5.74, 6) is 2.84. The molecule has 0 heterocycles. The van der Waals surface area contributed by atoms with Crippen molar-refractivity contribution in [1.29, 1.82) is 0 Å². The van der Waals surface area contributed by atoms with Crippen molar-refractivity contribution in [2.24, 2.45) is 5.92 Å². The molecular weight excluding hydrogens is 326 g/mol. The van der Waals surface area contributed by atoms with Gasteiger partial charge in [-0.15, -0.1) is 12.3 Å². The Morgan fingerprint density at radius 2 is 1.73 bits per heavy atom. The van der Waals surface area contributed by atoms with Crippen LogP contribution in [0.15, 0.2) is 0 Å². The predicted octanol–water partition coefficient (Wildman–Crippen LogP) is 4.71. The first kappa shape index (κ1) is 24.9. The first-order valence-electron chi connectivity index (χ1n) is 10.1. The van der Waals surface area contributed by atoms with Gasteiger partial charge in [-0.05, 0) is 40.5 Å². The zero-order valence-electron chi connectivity index (χ0n) is 18.0. The van der Waals surface area contributed by atoms with Crippen molar-refractivity contribution < 1.29 is 14.3 Å². The minimum absolute atomic E-state index is 0.0756. The maximum absolute atomic E-state index is 12.1. The van der Waals surface area contributed by atoms with E-state index in [9.17, 15) is 4.79 Å². The maximum atomic E-state index is 12.1. The number of amides is 1. The van der Waals surface area contributed by atoms with Gasteiger partial charge in [-0.2, -0.15) is 0 Å². The van der Waals surface area contributed by atoms with Crippen LogP contribution < -0.4 is 5.32 Å². The molecule has 1 atom stereocenters. The van der Waals surface area contributed by atoms with Crippen LogP contribution in [0.3, 0.4) is 0 Å².